The third kappa shape index (κ3) is 16.1. The van der Waals surface area contributed by atoms with Crippen molar-refractivity contribution >= 4 is 40.2 Å². The maximum Gasteiger partial charge on any atom is 0.478 e. The number of ether oxygens (including phenoxy) is 1. The van der Waals surface area contributed by atoms with Gasteiger partial charge in [-0.05, 0) is 26.6 Å². The number of aromatic nitrogens is 4. The number of nitrogen functional groups attached to an aromatic ring is 1. The van der Waals surface area contributed by atoms with Crippen molar-refractivity contribution in [1.82, 2.24) is 24.4 Å². The summed E-state index contributed by atoms with van der Waals surface area (Å²) in [5.41, 5.74) is 6.70. The van der Waals surface area contributed by atoms with Crippen LogP contribution in [0.5, 0.6) is 0 Å². The first kappa shape index (κ1) is 33.7. The van der Waals surface area contributed by atoms with E-state index in [1.807, 2.05) is 0 Å². The largest absolute Gasteiger partial charge is 0.478 e. The van der Waals surface area contributed by atoms with Crippen molar-refractivity contribution in [2.45, 2.75) is 40.3 Å². The number of nitrogens with zero attached hydrogens (tertiary/aromatic N) is 5. The molecule has 2 heterocycles. The number of imidazole rings is 1. The molecule has 0 unspecified atom stereocenters. The lowest BCUT2D eigenvalue weighted by Gasteiger charge is -2.14. The van der Waals surface area contributed by atoms with E-state index in [0.29, 0.717) is 17.7 Å². The van der Waals surface area contributed by atoms with Crippen LogP contribution in [-0.2, 0) is 29.3 Å². The predicted octanol–water partition coefficient (Wildman–Crippen LogP) is 0.485. The standard InChI is InChI=1S/C9H14N5O4P.C6H15N.H4O7P2/c1-6(18-5-19(15,16)17)2-14-4-13-7-8(10)11-3-12-9(7)14;1-4-7(5-2)6-3;1-8(2,3)7-9(4,5)6/h3-4,6H,2,5H2,1H3,(H2,10,11,12)(H2,15,16,17);4-6H2,1-3H3;(H2,1,2,3)(H2,4,5,6)/t6-;;/m1../s1. The summed E-state index contributed by atoms with van der Waals surface area (Å²) in [6.45, 7) is 12.2. The molecule has 0 saturated carbocycles. The molecule has 2 rings (SSSR count). The molecule has 8 N–H and O–H groups in total. The normalized spacial score (nSPS) is 13.1. The van der Waals surface area contributed by atoms with Gasteiger partial charge in [-0.15, -0.1) is 0 Å². The van der Waals surface area contributed by atoms with Crippen LogP contribution < -0.4 is 5.73 Å². The summed E-state index contributed by atoms with van der Waals surface area (Å²) in [7, 11) is -14.3. The van der Waals surface area contributed by atoms with Crippen molar-refractivity contribution in [1.29, 1.82) is 0 Å². The molecule has 0 bridgehead atoms. The minimum Gasteiger partial charge on any atom is -0.382 e. The van der Waals surface area contributed by atoms with Gasteiger partial charge >= 0.3 is 23.2 Å². The first-order chi connectivity index (χ1) is 15.9. The fourth-order valence-electron chi connectivity index (χ4n) is 2.40. The van der Waals surface area contributed by atoms with E-state index in [1.165, 1.54) is 32.3 Å². The third-order valence-electron chi connectivity index (χ3n) is 3.96. The molecule has 0 amide bonds. The third-order valence-corrected chi connectivity index (χ3v) is 6.15. The molecular formula is C15H33N6O11P3. The predicted molar refractivity (Wildman–Crippen MR) is 126 cm³/mol. The van der Waals surface area contributed by atoms with Gasteiger partial charge in [0.15, 0.2) is 11.5 Å². The van der Waals surface area contributed by atoms with Gasteiger partial charge in [0.25, 0.3) is 0 Å². The number of fused-ring (bicyclic) bond motifs is 1. The molecule has 2 aromatic heterocycles. The lowest BCUT2D eigenvalue weighted by molar-refractivity contribution is 0.0764. The van der Waals surface area contributed by atoms with E-state index < -0.39 is 35.7 Å². The van der Waals surface area contributed by atoms with Gasteiger partial charge in [0.1, 0.15) is 18.2 Å². The van der Waals surface area contributed by atoms with E-state index in [1.54, 1.807) is 11.5 Å². The molecule has 204 valence electrons. The minimum atomic E-state index is -5.05. The van der Waals surface area contributed by atoms with Crippen molar-refractivity contribution in [3.8, 4) is 0 Å². The van der Waals surface area contributed by atoms with Crippen molar-refractivity contribution in [3.05, 3.63) is 12.7 Å². The maximum atomic E-state index is 10.7. The van der Waals surface area contributed by atoms with E-state index >= 15 is 0 Å². The molecule has 0 aromatic carbocycles. The zero-order valence-electron chi connectivity index (χ0n) is 19.6. The van der Waals surface area contributed by atoms with Gasteiger partial charge in [0, 0.05) is 0 Å². The van der Waals surface area contributed by atoms with Crippen molar-refractivity contribution in [2.75, 3.05) is 31.7 Å². The Morgan fingerprint density at radius 3 is 1.86 bits per heavy atom. The van der Waals surface area contributed by atoms with Gasteiger partial charge in [-0.1, -0.05) is 20.8 Å². The van der Waals surface area contributed by atoms with Crippen molar-refractivity contribution < 1.29 is 52.1 Å². The molecule has 0 spiro atoms. The smallest absolute Gasteiger partial charge is 0.382 e. The molecule has 0 saturated heterocycles. The fourth-order valence-corrected chi connectivity index (χ4v) is 3.95. The Balaban J connectivity index is 0.000000602. The van der Waals surface area contributed by atoms with Crippen LogP contribution in [0.15, 0.2) is 12.7 Å². The summed E-state index contributed by atoms with van der Waals surface area (Å²) < 4.78 is 39.7. The fraction of sp³-hybridized carbons (Fsp3) is 0.667. The first-order valence-electron chi connectivity index (χ1n) is 10.0. The Morgan fingerprint density at radius 2 is 1.49 bits per heavy atom. The topological polar surface area (TPSA) is 264 Å². The Kier molecular flexibility index (Phi) is 14.5. The highest BCUT2D eigenvalue weighted by Crippen LogP contribution is 2.53. The molecule has 35 heavy (non-hydrogen) atoms. The van der Waals surface area contributed by atoms with E-state index in [2.05, 4.69) is 44.9 Å². The summed E-state index contributed by atoms with van der Waals surface area (Å²) in [4.78, 5) is 62.8. The summed E-state index contributed by atoms with van der Waals surface area (Å²) in [6, 6.07) is 0. The zero-order valence-corrected chi connectivity index (χ0v) is 22.3. The van der Waals surface area contributed by atoms with Gasteiger partial charge < -0.3 is 49.3 Å². The van der Waals surface area contributed by atoms with Crippen LogP contribution in [0, 0.1) is 0 Å². The second-order valence-electron chi connectivity index (χ2n) is 6.78. The molecule has 2 aromatic rings. The van der Waals surface area contributed by atoms with E-state index in [0.717, 1.165) is 0 Å². The summed E-state index contributed by atoms with van der Waals surface area (Å²) in [5.74, 6) is 0.285. The highest BCUT2D eigenvalue weighted by molar-refractivity contribution is 7.60. The average Bonchev–Trinajstić information content (AvgIpc) is 3.10. The lowest BCUT2D eigenvalue weighted by Crippen LogP contribution is -2.21. The molecule has 17 nitrogen and oxygen atoms in total. The van der Waals surface area contributed by atoms with Gasteiger partial charge in [-0.25, -0.2) is 24.1 Å². The first-order valence-corrected chi connectivity index (χ1v) is 14.9. The molecule has 0 aliphatic rings. The number of rotatable bonds is 10. The molecular weight excluding hydrogens is 533 g/mol. The number of phosphoric acid groups is 2. The maximum absolute atomic E-state index is 10.7. The SMILES string of the molecule is CCN(CC)CC.C[C@H](Cn1cnc2c(N)ncnc21)OCP(=O)(O)O.O=P(O)(O)OP(=O)(O)O. The molecule has 0 radical (unpaired) electrons. The zero-order chi connectivity index (χ0) is 27.4. The Hall–Kier alpha value is -1.32. The Bertz CT molecular complexity index is 1010. The Morgan fingerprint density at radius 1 is 0.971 bits per heavy atom. The van der Waals surface area contributed by atoms with Crippen LogP contribution in [0.1, 0.15) is 27.7 Å². The number of anilines is 1. The molecule has 20 heteroatoms. The van der Waals surface area contributed by atoms with Crippen LogP contribution in [0.4, 0.5) is 5.82 Å². The quantitative estimate of drug-likeness (QED) is 0.193. The van der Waals surface area contributed by atoms with E-state index in [4.69, 9.17) is 39.8 Å². The molecule has 1 atom stereocenters. The number of hydrogen-bond donors (Lipinski definition) is 7. The van der Waals surface area contributed by atoms with Crippen molar-refractivity contribution in [3.63, 3.8) is 0 Å². The van der Waals surface area contributed by atoms with E-state index in [9.17, 15) is 13.7 Å². The van der Waals surface area contributed by atoms with Crippen LogP contribution in [-0.4, -0.2) is 85.9 Å². The van der Waals surface area contributed by atoms with Gasteiger partial charge in [-0.2, -0.15) is 4.31 Å². The van der Waals surface area contributed by atoms with Crippen LogP contribution in [0.3, 0.4) is 0 Å². The average molecular weight is 566 g/mol. The van der Waals surface area contributed by atoms with Crippen LogP contribution in [0.25, 0.3) is 11.2 Å². The molecule has 0 aliphatic carbocycles. The van der Waals surface area contributed by atoms with Gasteiger partial charge in [-0.3, -0.25) is 4.57 Å². The van der Waals surface area contributed by atoms with Gasteiger partial charge in [0.2, 0.25) is 0 Å². The summed E-state index contributed by atoms with van der Waals surface area (Å²) in [5, 5.41) is 0. The number of nitrogens with two attached hydrogens (primary N) is 1. The monoisotopic (exact) mass is 566 g/mol. The van der Waals surface area contributed by atoms with Crippen LogP contribution in [0.2, 0.25) is 0 Å². The van der Waals surface area contributed by atoms with Crippen molar-refractivity contribution in [2.24, 2.45) is 0 Å². The second-order valence-corrected chi connectivity index (χ2v) is 11.0. The highest BCUT2D eigenvalue weighted by atomic mass is 31.3. The Labute approximate surface area is 202 Å². The molecule has 0 aliphatic heterocycles. The van der Waals surface area contributed by atoms with Crippen LogP contribution >= 0.6 is 23.2 Å². The summed E-state index contributed by atoms with van der Waals surface area (Å²) in [6.07, 6.45) is 1.85. The summed E-state index contributed by atoms with van der Waals surface area (Å²) >= 11 is 0. The lowest BCUT2D eigenvalue weighted by atomic mass is 10.4. The minimum absolute atomic E-state index is 0.285. The van der Waals surface area contributed by atoms with E-state index in [-0.39, 0.29) is 5.82 Å². The number of hydrogen-bond acceptors (Lipinski definition) is 10. The molecule has 0 fully saturated rings. The highest BCUT2D eigenvalue weighted by Gasteiger charge is 2.28. The van der Waals surface area contributed by atoms with Gasteiger partial charge in [0.05, 0.1) is 19.0 Å². The second kappa shape index (κ2) is 15.1.